The third-order valence-electron chi connectivity index (χ3n) is 3.44. The SMILES string of the molecule is CC(=O)N1CCCN(c2ccc(NC(N)=S)cc2)CC1. The molecular formula is C14H20N4OS. The summed E-state index contributed by atoms with van der Waals surface area (Å²) < 4.78 is 0. The van der Waals surface area contributed by atoms with E-state index in [-0.39, 0.29) is 11.0 Å². The fraction of sp³-hybridized carbons (Fsp3) is 0.429. The Morgan fingerprint density at radius 2 is 1.90 bits per heavy atom. The van der Waals surface area contributed by atoms with E-state index >= 15 is 0 Å². The molecule has 0 aliphatic carbocycles. The number of nitrogens with one attached hydrogen (secondary N) is 1. The van der Waals surface area contributed by atoms with Crippen LogP contribution in [-0.2, 0) is 4.79 Å². The molecular weight excluding hydrogens is 272 g/mol. The van der Waals surface area contributed by atoms with E-state index in [1.807, 2.05) is 29.2 Å². The number of thiocarbonyl (C=S) groups is 1. The van der Waals surface area contributed by atoms with Crippen LogP contribution in [0.1, 0.15) is 13.3 Å². The molecule has 1 aliphatic rings. The number of hydrogen-bond donors (Lipinski definition) is 2. The van der Waals surface area contributed by atoms with E-state index < -0.39 is 0 Å². The van der Waals surface area contributed by atoms with E-state index in [2.05, 4.69) is 10.2 Å². The molecule has 1 aliphatic heterocycles. The first-order valence-corrected chi connectivity index (χ1v) is 7.14. The van der Waals surface area contributed by atoms with Crippen molar-refractivity contribution in [2.45, 2.75) is 13.3 Å². The Morgan fingerprint density at radius 1 is 1.20 bits per heavy atom. The van der Waals surface area contributed by atoms with Crippen molar-refractivity contribution >= 4 is 34.6 Å². The lowest BCUT2D eigenvalue weighted by Crippen LogP contribution is -2.33. The lowest BCUT2D eigenvalue weighted by atomic mass is 10.2. The Labute approximate surface area is 124 Å². The van der Waals surface area contributed by atoms with Crippen molar-refractivity contribution in [1.82, 2.24) is 4.90 Å². The number of amides is 1. The van der Waals surface area contributed by atoms with E-state index in [1.54, 1.807) is 6.92 Å². The van der Waals surface area contributed by atoms with Gasteiger partial charge in [-0.3, -0.25) is 4.79 Å². The molecule has 1 fully saturated rings. The minimum absolute atomic E-state index is 0.155. The molecule has 6 heteroatoms. The summed E-state index contributed by atoms with van der Waals surface area (Å²) in [7, 11) is 0. The Hall–Kier alpha value is -1.82. The Kier molecular flexibility index (Phi) is 4.79. The summed E-state index contributed by atoms with van der Waals surface area (Å²) in [6.07, 6.45) is 0.993. The van der Waals surface area contributed by atoms with Crippen molar-refractivity contribution in [2.75, 3.05) is 36.4 Å². The van der Waals surface area contributed by atoms with Crippen LogP contribution in [-0.4, -0.2) is 42.1 Å². The van der Waals surface area contributed by atoms with Gasteiger partial charge in [0.15, 0.2) is 5.11 Å². The Bertz CT molecular complexity index is 488. The van der Waals surface area contributed by atoms with Crippen LogP contribution in [0.3, 0.4) is 0 Å². The van der Waals surface area contributed by atoms with Gasteiger partial charge in [-0.1, -0.05) is 0 Å². The molecule has 0 aromatic heterocycles. The fourth-order valence-electron chi connectivity index (χ4n) is 2.39. The van der Waals surface area contributed by atoms with Crippen molar-refractivity contribution in [3.05, 3.63) is 24.3 Å². The quantitative estimate of drug-likeness (QED) is 0.807. The van der Waals surface area contributed by atoms with Crippen LogP contribution in [0.25, 0.3) is 0 Å². The molecule has 1 heterocycles. The standard InChI is InChI=1S/C14H20N4OS/c1-11(19)17-7-2-8-18(10-9-17)13-5-3-12(4-6-13)16-14(15)20/h3-6H,2,7-10H2,1H3,(H3,15,16,20). The molecule has 1 saturated heterocycles. The van der Waals surface area contributed by atoms with Gasteiger partial charge < -0.3 is 20.9 Å². The van der Waals surface area contributed by atoms with Crippen molar-refractivity contribution in [3.63, 3.8) is 0 Å². The second-order valence-corrected chi connectivity index (χ2v) is 5.32. The summed E-state index contributed by atoms with van der Waals surface area (Å²) in [6, 6.07) is 8.01. The molecule has 0 saturated carbocycles. The number of nitrogens with zero attached hydrogens (tertiary/aromatic N) is 2. The number of carbonyl (C=O) groups is 1. The predicted octanol–water partition coefficient (Wildman–Crippen LogP) is 1.40. The van der Waals surface area contributed by atoms with Crippen LogP contribution in [0.15, 0.2) is 24.3 Å². The summed E-state index contributed by atoms with van der Waals surface area (Å²) in [5.74, 6) is 0.155. The minimum atomic E-state index is 0.155. The summed E-state index contributed by atoms with van der Waals surface area (Å²) >= 11 is 4.81. The zero-order valence-electron chi connectivity index (χ0n) is 11.6. The first kappa shape index (κ1) is 14.6. The van der Waals surface area contributed by atoms with Crippen LogP contribution in [0.2, 0.25) is 0 Å². The highest BCUT2D eigenvalue weighted by Crippen LogP contribution is 2.19. The largest absolute Gasteiger partial charge is 0.376 e. The number of anilines is 2. The van der Waals surface area contributed by atoms with Gasteiger partial charge in [-0.25, -0.2) is 0 Å². The maximum Gasteiger partial charge on any atom is 0.219 e. The van der Waals surface area contributed by atoms with Gasteiger partial charge in [0.2, 0.25) is 5.91 Å². The molecule has 0 spiro atoms. The molecule has 0 unspecified atom stereocenters. The smallest absolute Gasteiger partial charge is 0.219 e. The third kappa shape index (κ3) is 3.84. The second kappa shape index (κ2) is 6.56. The fourth-order valence-corrected chi connectivity index (χ4v) is 2.51. The van der Waals surface area contributed by atoms with E-state index in [0.29, 0.717) is 0 Å². The molecule has 1 aromatic rings. The van der Waals surface area contributed by atoms with Crippen molar-refractivity contribution in [1.29, 1.82) is 0 Å². The monoisotopic (exact) mass is 292 g/mol. The van der Waals surface area contributed by atoms with Crippen LogP contribution < -0.4 is 16.0 Å². The van der Waals surface area contributed by atoms with Gasteiger partial charge in [0.1, 0.15) is 0 Å². The molecule has 0 bridgehead atoms. The molecule has 108 valence electrons. The molecule has 2 rings (SSSR count). The molecule has 1 aromatic carbocycles. The average molecular weight is 292 g/mol. The molecule has 0 atom stereocenters. The molecule has 5 nitrogen and oxygen atoms in total. The van der Waals surface area contributed by atoms with E-state index in [9.17, 15) is 4.79 Å². The highest BCUT2D eigenvalue weighted by atomic mass is 32.1. The van der Waals surface area contributed by atoms with E-state index in [4.69, 9.17) is 18.0 Å². The van der Waals surface area contributed by atoms with Crippen LogP contribution in [0, 0.1) is 0 Å². The van der Waals surface area contributed by atoms with Crippen LogP contribution in [0.4, 0.5) is 11.4 Å². The van der Waals surface area contributed by atoms with Gasteiger partial charge >= 0.3 is 0 Å². The second-order valence-electron chi connectivity index (χ2n) is 4.88. The summed E-state index contributed by atoms with van der Waals surface area (Å²) in [4.78, 5) is 15.6. The molecule has 0 radical (unpaired) electrons. The van der Waals surface area contributed by atoms with Crippen LogP contribution in [0.5, 0.6) is 0 Å². The highest BCUT2D eigenvalue weighted by Gasteiger charge is 2.16. The Balaban J connectivity index is 2.00. The molecule has 1 amide bonds. The number of rotatable bonds is 2. The number of nitrogens with two attached hydrogens (primary N) is 1. The topological polar surface area (TPSA) is 61.6 Å². The molecule has 20 heavy (non-hydrogen) atoms. The normalized spacial score (nSPS) is 15.7. The highest BCUT2D eigenvalue weighted by molar-refractivity contribution is 7.80. The van der Waals surface area contributed by atoms with E-state index in [1.165, 1.54) is 0 Å². The summed E-state index contributed by atoms with van der Waals surface area (Å²) in [5, 5.41) is 3.18. The van der Waals surface area contributed by atoms with Gasteiger partial charge in [0.25, 0.3) is 0 Å². The van der Waals surface area contributed by atoms with E-state index in [0.717, 1.165) is 44.0 Å². The van der Waals surface area contributed by atoms with Gasteiger partial charge in [0.05, 0.1) is 0 Å². The maximum absolute atomic E-state index is 11.4. The van der Waals surface area contributed by atoms with Crippen LogP contribution >= 0.6 is 12.2 Å². The minimum Gasteiger partial charge on any atom is -0.376 e. The predicted molar refractivity (Wildman–Crippen MR) is 85.9 cm³/mol. The van der Waals surface area contributed by atoms with Crippen molar-refractivity contribution in [2.24, 2.45) is 5.73 Å². The summed E-state index contributed by atoms with van der Waals surface area (Å²) in [5.41, 5.74) is 7.49. The Morgan fingerprint density at radius 3 is 2.50 bits per heavy atom. The molecule has 3 N–H and O–H groups in total. The zero-order chi connectivity index (χ0) is 14.5. The van der Waals surface area contributed by atoms with Crippen molar-refractivity contribution < 1.29 is 4.79 Å². The van der Waals surface area contributed by atoms with Crippen molar-refractivity contribution in [3.8, 4) is 0 Å². The first-order chi connectivity index (χ1) is 9.56. The van der Waals surface area contributed by atoms with Gasteiger partial charge in [-0.2, -0.15) is 0 Å². The first-order valence-electron chi connectivity index (χ1n) is 6.73. The average Bonchev–Trinajstić information content (AvgIpc) is 2.64. The van der Waals surface area contributed by atoms with Gasteiger partial charge in [-0.15, -0.1) is 0 Å². The lowest BCUT2D eigenvalue weighted by molar-refractivity contribution is -0.128. The number of hydrogen-bond acceptors (Lipinski definition) is 3. The zero-order valence-corrected chi connectivity index (χ0v) is 12.4. The third-order valence-corrected chi connectivity index (χ3v) is 3.54. The van der Waals surface area contributed by atoms with Gasteiger partial charge in [-0.05, 0) is 42.9 Å². The lowest BCUT2D eigenvalue weighted by Gasteiger charge is -2.23. The number of benzene rings is 1. The summed E-state index contributed by atoms with van der Waals surface area (Å²) in [6.45, 7) is 5.08. The van der Waals surface area contributed by atoms with Gasteiger partial charge in [0, 0.05) is 44.5 Å². The maximum atomic E-state index is 11.4. The number of carbonyl (C=O) groups excluding carboxylic acids is 1.